The van der Waals surface area contributed by atoms with Crippen LogP contribution in [0.15, 0.2) is 79.3 Å². The molecular weight excluding hydrogens is 604 g/mol. The van der Waals surface area contributed by atoms with Gasteiger partial charge in [-0.2, -0.15) is 10.2 Å². The molecule has 0 unspecified atom stereocenters. The molecule has 3 aliphatic heterocycles. The SMILES string of the molecule is CC(C)(C)OC(=O)N1C[C@@H]2C[C@H]1CN2CCN1c2ccc(-c3ccc4[nH]ncc4c3)cc2Oc2cc(-c3ccc4[nH]ncc4c3)cnc21. The van der Waals surface area contributed by atoms with Crippen LogP contribution < -0.4 is 9.64 Å². The molecule has 3 aromatic carbocycles. The van der Waals surface area contributed by atoms with Gasteiger partial charge in [0, 0.05) is 60.8 Å². The summed E-state index contributed by atoms with van der Waals surface area (Å²) in [6.07, 6.45) is 6.37. The number of carbonyl (C=O) groups excluding carboxylic acids is 1. The summed E-state index contributed by atoms with van der Waals surface area (Å²) in [5.41, 5.74) is 6.66. The van der Waals surface area contributed by atoms with E-state index in [1.165, 1.54) is 0 Å². The van der Waals surface area contributed by atoms with Gasteiger partial charge in [0.25, 0.3) is 0 Å². The van der Waals surface area contributed by atoms with E-state index in [-0.39, 0.29) is 12.1 Å². The van der Waals surface area contributed by atoms with Crippen LogP contribution in [0, 0.1) is 0 Å². The molecule has 0 radical (unpaired) electrons. The molecule has 3 aliphatic rings. The first kappa shape index (κ1) is 28.8. The Hall–Kier alpha value is -5.42. The number of pyridine rings is 1. The summed E-state index contributed by atoms with van der Waals surface area (Å²) in [5.74, 6) is 2.30. The Bertz CT molecular complexity index is 2080. The van der Waals surface area contributed by atoms with Gasteiger partial charge < -0.3 is 19.3 Å². The minimum atomic E-state index is -0.500. The maximum absolute atomic E-state index is 12.8. The average Bonchev–Trinajstić information content (AvgIpc) is 3.89. The summed E-state index contributed by atoms with van der Waals surface area (Å²) in [6.45, 7) is 8.85. The third-order valence-electron chi connectivity index (χ3n) is 9.70. The topological polar surface area (TPSA) is 116 Å². The predicted molar refractivity (Wildman–Crippen MR) is 185 cm³/mol. The second-order valence-corrected chi connectivity index (χ2v) is 14.0. The van der Waals surface area contributed by atoms with Crippen LogP contribution in [0.25, 0.3) is 44.1 Å². The van der Waals surface area contributed by atoms with Crippen molar-refractivity contribution in [2.45, 2.75) is 44.9 Å². The van der Waals surface area contributed by atoms with Crippen LogP contribution in [0.2, 0.25) is 0 Å². The zero-order valence-corrected chi connectivity index (χ0v) is 27.1. The van der Waals surface area contributed by atoms with Crippen LogP contribution in [0.3, 0.4) is 0 Å². The van der Waals surface area contributed by atoms with Gasteiger partial charge in [0.05, 0.1) is 29.1 Å². The molecule has 9 rings (SSSR count). The molecule has 2 atom stereocenters. The van der Waals surface area contributed by atoms with Crippen LogP contribution in [0.4, 0.5) is 16.3 Å². The number of piperazine rings is 1. The zero-order chi connectivity index (χ0) is 32.6. The molecule has 6 aromatic rings. The van der Waals surface area contributed by atoms with E-state index in [0.717, 1.165) is 87.4 Å². The normalized spacial score (nSPS) is 18.7. The van der Waals surface area contributed by atoms with E-state index in [1.807, 2.05) is 50.3 Å². The van der Waals surface area contributed by atoms with Gasteiger partial charge in [0.2, 0.25) is 0 Å². The molecule has 2 bridgehead atoms. The van der Waals surface area contributed by atoms with Gasteiger partial charge in [-0.15, -0.1) is 0 Å². The Morgan fingerprint density at radius 2 is 1.48 bits per heavy atom. The number of rotatable bonds is 5. The number of amides is 1. The fourth-order valence-corrected chi connectivity index (χ4v) is 7.37. The number of carbonyl (C=O) groups is 1. The molecule has 11 heteroatoms. The van der Waals surface area contributed by atoms with Gasteiger partial charge in [0.1, 0.15) is 5.60 Å². The quantitative estimate of drug-likeness (QED) is 0.205. The Balaban J connectivity index is 1.02. The van der Waals surface area contributed by atoms with E-state index in [4.69, 9.17) is 14.5 Å². The summed E-state index contributed by atoms with van der Waals surface area (Å²) in [7, 11) is 0. The van der Waals surface area contributed by atoms with Gasteiger partial charge in [-0.25, -0.2) is 9.78 Å². The third kappa shape index (κ3) is 5.02. The third-order valence-corrected chi connectivity index (χ3v) is 9.70. The highest BCUT2D eigenvalue weighted by atomic mass is 16.6. The molecule has 2 fully saturated rings. The molecule has 2 N–H and O–H groups in total. The monoisotopic (exact) mass is 640 g/mol. The lowest BCUT2D eigenvalue weighted by Gasteiger charge is -2.37. The number of fused-ring (bicyclic) bond motifs is 6. The first-order valence-corrected chi connectivity index (χ1v) is 16.5. The van der Waals surface area contributed by atoms with Crippen molar-refractivity contribution in [3.8, 4) is 33.8 Å². The summed E-state index contributed by atoms with van der Waals surface area (Å²) < 4.78 is 12.4. The Morgan fingerprint density at radius 3 is 2.17 bits per heavy atom. The van der Waals surface area contributed by atoms with Crippen molar-refractivity contribution in [2.75, 3.05) is 31.1 Å². The fraction of sp³-hybridized carbons (Fsp3) is 0.297. The van der Waals surface area contributed by atoms with Gasteiger partial charge in [-0.1, -0.05) is 18.2 Å². The van der Waals surface area contributed by atoms with Gasteiger partial charge in [-0.05, 0) is 86.3 Å². The highest BCUT2D eigenvalue weighted by Crippen LogP contribution is 2.48. The maximum atomic E-state index is 12.8. The molecule has 0 aliphatic carbocycles. The van der Waals surface area contributed by atoms with E-state index < -0.39 is 5.60 Å². The molecular formula is C37H36N8O3. The molecule has 1 amide bonds. The lowest BCUT2D eigenvalue weighted by atomic mass is 10.0. The molecule has 6 heterocycles. The molecule has 2 saturated heterocycles. The number of likely N-dealkylation sites (tertiary alicyclic amines) is 2. The lowest BCUT2D eigenvalue weighted by Crippen LogP contribution is -2.51. The summed E-state index contributed by atoms with van der Waals surface area (Å²) in [6, 6.07) is 21.5. The molecule has 0 saturated carbocycles. The molecule has 48 heavy (non-hydrogen) atoms. The van der Waals surface area contributed by atoms with E-state index in [2.05, 4.69) is 84.8 Å². The molecule has 11 nitrogen and oxygen atoms in total. The van der Waals surface area contributed by atoms with Crippen molar-refractivity contribution in [3.63, 3.8) is 0 Å². The molecule has 3 aromatic heterocycles. The van der Waals surface area contributed by atoms with Crippen molar-refractivity contribution in [2.24, 2.45) is 0 Å². The number of hydrogen-bond donors (Lipinski definition) is 2. The molecule has 242 valence electrons. The van der Waals surface area contributed by atoms with Gasteiger partial charge >= 0.3 is 6.09 Å². The van der Waals surface area contributed by atoms with Crippen LogP contribution >= 0.6 is 0 Å². The predicted octanol–water partition coefficient (Wildman–Crippen LogP) is 7.11. The number of nitrogens with one attached hydrogen (secondary N) is 2. The number of nitrogens with zero attached hydrogens (tertiary/aromatic N) is 6. The number of benzene rings is 3. The first-order valence-electron chi connectivity index (χ1n) is 16.5. The van der Waals surface area contributed by atoms with E-state index in [1.54, 1.807) is 0 Å². The second-order valence-electron chi connectivity index (χ2n) is 14.0. The fourth-order valence-electron chi connectivity index (χ4n) is 7.37. The number of ether oxygens (including phenoxy) is 2. The Labute approximate surface area is 277 Å². The minimum absolute atomic E-state index is 0.178. The smallest absolute Gasteiger partial charge is 0.410 e. The number of anilines is 2. The summed E-state index contributed by atoms with van der Waals surface area (Å²) in [5, 5.41) is 16.5. The van der Waals surface area contributed by atoms with Crippen molar-refractivity contribution in [3.05, 3.63) is 79.3 Å². The first-order chi connectivity index (χ1) is 23.3. The van der Waals surface area contributed by atoms with E-state index in [0.29, 0.717) is 18.3 Å². The van der Waals surface area contributed by atoms with Gasteiger partial charge in [-0.3, -0.25) is 15.1 Å². The van der Waals surface area contributed by atoms with Gasteiger partial charge in [0.15, 0.2) is 17.3 Å². The molecule has 0 spiro atoms. The standard InChI is InChI=1S/C37H36N8O3/c1-37(2,3)48-36(46)45-21-28-16-29(45)20-43(28)10-11-44-32-9-6-24(22-4-7-30-26(12-22)18-39-41-30)14-33(32)47-34-15-25(17-38-35(34)44)23-5-8-31-27(13-23)19-40-42-31/h4-9,12-15,17-19,28-29H,10-11,16,20-21H2,1-3H3,(H,39,41)(H,40,42)/t28-,29-/m0/s1. The summed E-state index contributed by atoms with van der Waals surface area (Å²) in [4.78, 5) is 24.5. The van der Waals surface area contributed by atoms with Crippen molar-refractivity contribution < 1.29 is 14.3 Å². The van der Waals surface area contributed by atoms with Crippen molar-refractivity contribution in [1.82, 2.24) is 35.2 Å². The highest BCUT2D eigenvalue weighted by molar-refractivity contribution is 5.87. The van der Waals surface area contributed by atoms with E-state index >= 15 is 0 Å². The van der Waals surface area contributed by atoms with E-state index in [9.17, 15) is 4.79 Å². The number of hydrogen-bond acceptors (Lipinski definition) is 8. The van der Waals surface area contributed by atoms with Crippen LogP contribution in [0.5, 0.6) is 11.5 Å². The van der Waals surface area contributed by atoms with Crippen LogP contribution in [0.1, 0.15) is 27.2 Å². The second kappa shape index (κ2) is 10.8. The lowest BCUT2D eigenvalue weighted by molar-refractivity contribution is 0.0132. The Morgan fingerprint density at radius 1 is 0.812 bits per heavy atom. The zero-order valence-electron chi connectivity index (χ0n) is 27.1. The van der Waals surface area contributed by atoms with Crippen molar-refractivity contribution in [1.29, 1.82) is 0 Å². The largest absolute Gasteiger partial charge is 0.451 e. The summed E-state index contributed by atoms with van der Waals surface area (Å²) >= 11 is 0. The number of aromatic nitrogens is 5. The average molecular weight is 641 g/mol. The highest BCUT2D eigenvalue weighted by Gasteiger charge is 2.46. The van der Waals surface area contributed by atoms with Crippen LogP contribution in [-0.4, -0.2) is 85.1 Å². The number of H-pyrrole nitrogens is 2. The maximum Gasteiger partial charge on any atom is 0.410 e. The minimum Gasteiger partial charge on any atom is -0.451 e. The van der Waals surface area contributed by atoms with Crippen molar-refractivity contribution >= 4 is 39.4 Å². The van der Waals surface area contributed by atoms with Crippen LogP contribution in [-0.2, 0) is 4.74 Å². The number of aromatic amines is 2. The Kier molecular flexibility index (Phi) is 6.48.